The number of fused-ring (bicyclic) bond motifs is 1. The Morgan fingerprint density at radius 1 is 0.812 bits per heavy atom. The number of aromatic hydroxyl groups is 2. The number of nitrogens with one attached hydrogen (secondary N) is 2. The standard InChI is InChI=1S/C50H62BF2N7O9/c1-35(2)42-30-43(47(62)31-46(42)61)50(65)59-33-37-6-5-36(28-38(37)34-59)32-57-16-18-58(19-17-57)49(64)13-20-66-22-24-68-26-27-69-25-23-67-21-15-55-48(63)12-9-39-7-8-40(56-39)29-41-10-11-45(60(41)51(52)53)44-4-3-14-54-44/h3-8,10-11,14,28-31,35,54,61-62H,9,12-13,15-27,32-34H2,1-2H3,(H,55,63)/b40-29-. The van der Waals surface area contributed by atoms with E-state index in [0.29, 0.717) is 132 Å². The van der Waals surface area contributed by atoms with Gasteiger partial charge in [-0.3, -0.25) is 32.9 Å². The maximum atomic E-state index is 13.9. The number of nitrogens with zero attached hydrogens (tertiary/aromatic N) is 5. The van der Waals surface area contributed by atoms with Gasteiger partial charge in [-0.2, -0.15) is 0 Å². The van der Waals surface area contributed by atoms with Crippen LogP contribution in [0.15, 0.2) is 83.6 Å². The SMILES string of the molecule is CC(C)c1cc(C(=O)N2Cc3ccc(CN4CCN(C(=O)CCOCCOCCOCCOCCNC(=O)CCC5=N/C(=C\c6ccc(-c7ccc[nH]7)n6B(F)F)C=C5)CC4)cc3C2)c(O)cc1O. The van der Waals surface area contributed by atoms with Crippen molar-refractivity contribution in [3.8, 4) is 22.9 Å². The summed E-state index contributed by atoms with van der Waals surface area (Å²) in [6.45, 7) is 11.6. The number of phenolic OH excluding ortho intramolecular Hbond substituents is 2. The Morgan fingerprint density at radius 3 is 2.22 bits per heavy atom. The van der Waals surface area contributed by atoms with Crippen molar-refractivity contribution >= 4 is 36.9 Å². The lowest BCUT2D eigenvalue weighted by molar-refractivity contribution is -0.134. The largest absolute Gasteiger partial charge is 0.678 e. The molecule has 3 aliphatic heterocycles. The van der Waals surface area contributed by atoms with Crippen LogP contribution in [0.25, 0.3) is 17.5 Å². The summed E-state index contributed by atoms with van der Waals surface area (Å²) in [5.41, 5.74) is 6.67. The molecular formula is C50H62BF2N7O9. The predicted molar refractivity (Wildman–Crippen MR) is 258 cm³/mol. The molecule has 19 heteroatoms. The molecule has 0 aliphatic carbocycles. The van der Waals surface area contributed by atoms with Crippen molar-refractivity contribution in [2.45, 2.75) is 58.7 Å². The fraction of sp³-hybridized carbons (Fsp3) is 0.440. The van der Waals surface area contributed by atoms with E-state index in [2.05, 4.69) is 38.4 Å². The molecule has 368 valence electrons. The number of benzene rings is 2. The van der Waals surface area contributed by atoms with Crippen LogP contribution in [0.2, 0.25) is 0 Å². The number of piperazine rings is 1. The van der Waals surface area contributed by atoms with Crippen LogP contribution in [0.4, 0.5) is 8.63 Å². The van der Waals surface area contributed by atoms with Crippen LogP contribution in [0.3, 0.4) is 0 Å². The maximum Gasteiger partial charge on any atom is 0.678 e. The van der Waals surface area contributed by atoms with Crippen molar-refractivity contribution in [3.05, 3.63) is 112 Å². The number of aromatic amines is 1. The molecule has 0 bridgehead atoms. The number of hydrogen-bond acceptors (Lipinski definition) is 11. The predicted octanol–water partition coefficient (Wildman–Crippen LogP) is 5.99. The van der Waals surface area contributed by atoms with Crippen molar-refractivity contribution in [3.63, 3.8) is 0 Å². The van der Waals surface area contributed by atoms with Crippen molar-refractivity contribution in [1.82, 2.24) is 29.5 Å². The van der Waals surface area contributed by atoms with Crippen LogP contribution < -0.4 is 5.32 Å². The minimum atomic E-state index is -2.72. The first-order valence-electron chi connectivity index (χ1n) is 23.6. The molecule has 1 fully saturated rings. The average Bonchev–Trinajstić information content (AvgIpc) is 4.17. The minimum absolute atomic E-state index is 0.000496. The lowest BCUT2D eigenvalue weighted by Gasteiger charge is -2.35. The van der Waals surface area contributed by atoms with Gasteiger partial charge in [0.1, 0.15) is 11.5 Å². The molecule has 4 aromatic rings. The van der Waals surface area contributed by atoms with E-state index in [4.69, 9.17) is 18.9 Å². The highest BCUT2D eigenvalue weighted by Gasteiger charge is 2.29. The number of ether oxygens (including phenoxy) is 4. The molecule has 0 unspecified atom stereocenters. The Bertz CT molecular complexity index is 2470. The quantitative estimate of drug-likeness (QED) is 0.0455. The molecule has 69 heavy (non-hydrogen) atoms. The lowest BCUT2D eigenvalue weighted by Crippen LogP contribution is -2.48. The number of halogens is 2. The van der Waals surface area contributed by atoms with Gasteiger partial charge < -0.3 is 53.7 Å². The van der Waals surface area contributed by atoms with Crippen LogP contribution >= 0.6 is 0 Å². The normalized spacial score (nSPS) is 15.4. The van der Waals surface area contributed by atoms with E-state index in [1.165, 1.54) is 6.07 Å². The summed E-state index contributed by atoms with van der Waals surface area (Å²) in [7, 11) is -2.72. The summed E-state index contributed by atoms with van der Waals surface area (Å²) in [4.78, 5) is 52.0. The Balaban J connectivity index is 0.658. The Kier molecular flexibility index (Phi) is 18.4. The average molecular weight is 954 g/mol. The van der Waals surface area contributed by atoms with Gasteiger partial charge in [-0.15, -0.1) is 0 Å². The fourth-order valence-corrected chi connectivity index (χ4v) is 8.48. The minimum Gasteiger partial charge on any atom is -0.508 e. The molecule has 3 aliphatic rings. The molecule has 4 N–H and O–H groups in total. The number of rotatable bonds is 25. The summed E-state index contributed by atoms with van der Waals surface area (Å²) in [5.74, 6) is -0.580. The molecule has 2 aromatic carbocycles. The number of carbonyl (C=O) groups excluding carboxylic acids is 3. The number of allylic oxidation sites excluding steroid dienone is 2. The Hall–Kier alpha value is -6.12. The monoisotopic (exact) mass is 953 g/mol. The number of aliphatic imine (C=N–C) groups is 1. The lowest BCUT2D eigenvalue weighted by atomic mass is 9.98. The second-order valence-electron chi connectivity index (χ2n) is 17.4. The second kappa shape index (κ2) is 25.0. The number of phenols is 2. The summed E-state index contributed by atoms with van der Waals surface area (Å²) in [6.07, 6.45) is 7.78. The zero-order valence-corrected chi connectivity index (χ0v) is 39.3. The van der Waals surface area contributed by atoms with Crippen LogP contribution in [-0.4, -0.2) is 151 Å². The third kappa shape index (κ3) is 14.2. The number of carbonyl (C=O) groups is 3. The van der Waals surface area contributed by atoms with E-state index in [9.17, 15) is 33.2 Å². The molecule has 2 aromatic heterocycles. The molecule has 0 saturated carbocycles. The smallest absolute Gasteiger partial charge is 0.508 e. The van der Waals surface area contributed by atoms with Gasteiger partial charge in [0.05, 0.1) is 81.9 Å². The first-order valence-corrected chi connectivity index (χ1v) is 23.6. The van der Waals surface area contributed by atoms with Crippen molar-refractivity contribution in [2.24, 2.45) is 4.99 Å². The van der Waals surface area contributed by atoms with Gasteiger partial charge in [0.25, 0.3) is 5.91 Å². The summed E-state index contributed by atoms with van der Waals surface area (Å²) >= 11 is 0. The van der Waals surface area contributed by atoms with Crippen molar-refractivity contribution in [1.29, 1.82) is 0 Å². The van der Waals surface area contributed by atoms with Gasteiger partial charge in [0.15, 0.2) is 0 Å². The van der Waals surface area contributed by atoms with Crippen LogP contribution in [0, 0.1) is 0 Å². The fourth-order valence-electron chi connectivity index (χ4n) is 8.48. The van der Waals surface area contributed by atoms with E-state index in [-0.39, 0.29) is 47.1 Å². The Morgan fingerprint density at radius 2 is 1.52 bits per heavy atom. The van der Waals surface area contributed by atoms with E-state index in [1.54, 1.807) is 59.7 Å². The van der Waals surface area contributed by atoms with Crippen molar-refractivity contribution in [2.75, 3.05) is 85.6 Å². The van der Waals surface area contributed by atoms with E-state index >= 15 is 0 Å². The van der Waals surface area contributed by atoms with Crippen LogP contribution in [-0.2, 0) is 48.2 Å². The van der Waals surface area contributed by atoms with Crippen LogP contribution in [0.5, 0.6) is 11.5 Å². The maximum absolute atomic E-state index is 13.9. The number of H-pyrrole nitrogens is 1. The molecule has 0 atom stereocenters. The zero-order chi connectivity index (χ0) is 48.7. The summed E-state index contributed by atoms with van der Waals surface area (Å²) < 4.78 is 51.0. The topological polar surface area (TPSA) is 183 Å². The van der Waals surface area contributed by atoms with Gasteiger partial charge >= 0.3 is 7.40 Å². The highest BCUT2D eigenvalue weighted by atomic mass is 19.2. The first kappa shape index (κ1) is 50.8. The van der Waals surface area contributed by atoms with Gasteiger partial charge in [0, 0.05) is 82.4 Å². The number of aromatic nitrogens is 2. The van der Waals surface area contributed by atoms with Gasteiger partial charge in [-0.25, -0.2) is 0 Å². The molecule has 16 nitrogen and oxygen atoms in total. The van der Waals surface area contributed by atoms with Gasteiger partial charge in [0.2, 0.25) is 11.8 Å². The van der Waals surface area contributed by atoms with Crippen LogP contribution in [0.1, 0.15) is 77.3 Å². The molecule has 0 radical (unpaired) electrons. The Labute approximate surface area is 401 Å². The zero-order valence-electron chi connectivity index (χ0n) is 39.3. The first-order chi connectivity index (χ1) is 33.4. The molecule has 5 heterocycles. The third-order valence-corrected chi connectivity index (χ3v) is 12.2. The summed E-state index contributed by atoms with van der Waals surface area (Å²) in [5, 5.41) is 23.5. The number of hydrogen-bond donors (Lipinski definition) is 4. The van der Waals surface area contributed by atoms with E-state index < -0.39 is 7.40 Å². The molecule has 1 saturated heterocycles. The second-order valence-corrected chi connectivity index (χ2v) is 17.4. The summed E-state index contributed by atoms with van der Waals surface area (Å²) in [6, 6.07) is 15.9. The molecule has 3 amide bonds. The number of amides is 3. The van der Waals surface area contributed by atoms with E-state index in [1.807, 2.05) is 18.7 Å². The highest BCUT2D eigenvalue weighted by molar-refractivity contribution is 6.42. The third-order valence-electron chi connectivity index (χ3n) is 12.2. The highest BCUT2D eigenvalue weighted by Crippen LogP contribution is 2.35. The molecule has 0 spiro atoms. The van der Waals surface area contributed by atoms with Crippen molar-refractivity contribution < 1.29 is 52.2 Å². The molecule has 7 rings (SSSR count). The van der Waals surface area contributed by atoms with Gasteiger partial charge in [-0.1, -0.05) is 32.0 Å². The van der Waals surface area contributed by atoms with E-state index in [0.717, 1.165) is 40.8 Å². The van der Waals surface area contributed by atoms with Gasteiger partial charge in [-0.05, 0) is 83.2 Å². The molecular weight excluding hydrogens is 891 g/mol.